The van der Waals surface area contributed by atoms with Crippen molar-refractivity contribution in [1.82, 2.24) is 5.32 Å². The first kappa shape index (κ1) is 18.7. The Kier molecular flexibility index (Phi) is 6.26. The lowest BCUT2D eigenvalue weighted by atomic mass is 10.0. The smallest absolute Gasteiger partial charge is 0.244 e. The Morgan fingerprint density at radius 1 is 1.00 bits per heavy atom. The highest BCUT2D eigenvalue weighted by atomic mass is 16.5. The van der Waals surface area contributed by atoms with Gasteiger partial charge in [-0.15, -0.1) is 0 Å². The molecule has 138 valence electrons. The summed E-state index contributed by atoms with van der Waals surface area (Å²) in [7, 11) is 0. The molecule has 0 saturated heterocycles. The lowest BCUT2D eigenvalue weighted by Gasteiger charge is -2.09. The van der Waals surface area contributed by atoms with Crippen LogP contribution in [0.4, 0.5) is 0 Å². The Morgan fingerprint density at radius 3 is 2.52 bits per heavy atom. The largest absolute Gasteiger partial charge is 0.491 e. The van der Waals surface area contributed by atoms with Crippen LogP contribution in [0, 0.1) is 0 Å². The molecule has 0 spiro atoms. The van der Waals surface area contributed by atoms with Crippen molar-refractivity contribution in [2.75, 3.05) is 13.2 Å². The molecule has 0 fully saturated rings. The average molecular weight is 359 g/mol. The van der Waals surface area contributed by atoms with E-state index in [2.05, 4.69) is 43.4 Å². The van der Waals surface area contributed by atoms with Crippen molar-refractivity contribution in [2.24, 2.45) is 0 Å². The number of benzene rings is 3. The Balaban J connectivity index is 1.46. The quantitative estimate of drug-likeness (QED) is 0.467. The van der Waals surface area contributed by atoms with Gasteiger partial charge in [-0.05, 0) is 34.6 Å². The number of nitrogens with one attached hydrogen (secondary N) is 1. The Hall–Kier alpha value is -3.07. The van der Waals surface area contributed by atoms with Crippen LogP contribution >= 0.6 is 0 Å². The first-order valence-electron chi connectivity index (χ1n) is 9.30. The van der Waals surface area contributed by atoms with Gasteiger partial charge in [0.1, 0.15) is 12.4 Å². The molecule has 0 aliphatic rings. The number of amides is 1. The van der Waals surface area contributed by atoms with Crippen LogP contribution in [0.3, 0.4) is 0 Å². The summed E-state index contributed by atoms with van der Waals surface area (Å²) in [6.07, 6.45) is 3.38. The maximum Gasteiger partial charge on any atom is 0.244 e. The maximum absolute atomic E-state index is 12.0. The van der Waals surface area contributed by atoms with E-state index < -0.39 is 0 Å². The fourth-order valence-corrected chi connectivity index (χ4v) is 2.88. The van der Waals surface area contributed by atoms with E-state index in [0.717, 1.165) is 22.1 Å². The van der Waals surface area contributed by atoms with Crippen LogP contribution in [0.15, 0.2) is 72.8 Å². The molecule has 3 nitrogen and oxygen atoms in total. The first-order valence-corrected chi connectivity index (χ1v) is 9.30. The van der Waals surface area contributed by atoms with E-state index in [-0.39, 0.29) is 5.91 Å². The van der Waals surface area contributed by atoms with Gasteiger partial charge in [0.25, 0.3) is 0 Å². The van der Waals surface area contributed by atoms with E-state index in [9.17, 15) is 4.79 Å². The summed E-state index contributed by atoms with van der Waals surface area (Å²) in [6, 6.07) is 22.3. The number of fused-ring (bicyclic) bond motifs is 1. The van der Waals surface area contributed by atoms with E-state index in [1.807, 2.05) is 48.5 Å². The molecule has 0 unspecified atom stereocenters. The lowest BCUT2D eigenvalue weighted by molar-refractivity contribution is -0.116. The highest BCUT2D eigenvalue weighted by molar-refractivity contribution is 5.91. The molecule has 0 atom stereocenters. The zero-order valence-corrected chi connectivity index (χ0v) is 15.8. The molecular formula is C24H25NO2. The van der Waals surface area contributed by atoms with Gasteiger partial charge in [-0.2, -0.15) is 0 Å². The van der Waals surface area contributed by atoms with Crippen LogP contribution in [0.2, 0.25) is 0 Å². The average Bonchev–Trinajstić information content (AvgIpc) is 2.70. The van der Waals surface area contributed by atoms with Gasteiger partial charge >= 0.3 is 0 Å². The monoisotopic (exact) mass is 359 g/mol. The first-order chi connectivity index (χ1) is 13.1. The van der Waals surface area contributed by atoms with Gasteiger partial charge in [0, 0.05) is 11.5 Å². The maximum atomic E-state index is 12.0. The fourth-order valence-electron chi connectivity index (χ4n) is 2.88. The van der Waals surface area contributed by atoms with Crippen molar-refractivity contribution >= 4 is 22.8 Å². The summed E-state index contributed by atoms with van der Waals surface area (Å²) < 4.78 is 5.83. The van der Waals surface area contributed by atoms with Crippen LogP contribution in [0.25, 0.3) is 16.8 Å². The highest BCUT2D eigenvalue weighted by Gasteiger charge is 2.02. The second-order valence-electron chi connectivity index (χ2n) is 6.77. The summed E-state index contributed by atoms with van der Waals surface area (Å²) >= 11 is 0. The van der Waals surface area contributed by atoms with Crippen molar-refractivity contribution < 1.29 is 9.53 Å². The van der Waals surface area contributed by atoms with E-state index in [0.29, 0.717) is 19.1 Å². The molecule has 27 heavy (non-hydrogen) atoms. The summed E-state index contributed by atoms with van der Waals surface area (Å²) in [4.78, 5) is 12.0. The molecule has 0 saturated carbocycles. The van der Waals surface area contributed by atoms with E-state index in [4.69, 9.17) is 4.74 Å². The number of hydrogen-bond donors (Lipinski definition) is 1. The third-order valence-corrected chi connectivity index (χ3v) is 4.44. The fraction of sp³-hybridized carbons (Fsp3) is 0.208. The van der Waals surface area contributed by atoms with E-state index in [1.165, 1.54) is 5.56 Å². The zero-order chi connectivity index (χ0) is 19.1. The van der Waals surface area contributed by atoms with Gasteiger partial charge in [0.2, 0.25) is 5.91 Å². The second kappa shape index (κ2) is 9.04. The minimum atomic E-state index is -0.121. The summed E-state index contributed by atoms with van der Waals surface area (Å²) in [5, 5.41) is 5.07. The Labute approximate surface area is 160 Å². The number of hydrogen-bond acceptors (Lipinski definition) is 2. The van der Waals surface area contributed by atoms with E-state index >= 15 is 0 Å². The molecule has 3 rings (SSSR count). The lowest BCUT2D eigenvalue weighted by Crippen LogP contribution is -2.26. The predicted molar refractivity (Wildman–Crippen MR) is 112 cm³/mol. The van der Waals surface area contributed by atoms with Crippen LogP contribution in [0.5, 0.6) is 5.75 Å². The molecular weight excluding hydrogens is 334 g/mol. The van der Waals surface area contributed by atoms with Gasteiger partial charge in [-0.3, -0.25) is 4.79 Å². The number of ether oxygens (including phenoxy) is 1. The molecule has 0 aliphatic carbocycles. The van der Waals surface area contributed by atoms with Gasteiger partial charge in [0.05, 0.1) is 6.54 Å². The number of rotatable bonds is 7. The highest BCUT2D eigenvalue weighted by Crippen LogP contribution is 2.24. The van der Waals surface area contributed by atoms with Gasteiger partial charge in [0.15, 0.2) is 0 Å². The zero-order valence-electron chi connectivity index (χ0n) is 15.8. The van der Waals surface area contributed by atoms with Gasteiger partial charge in [-0.1, -0.05) is 74.5 Å². The molecule has 1 amide bonds. The molecule has 0 aliphatic heterocycles. The Morgan fingerprint density at radius 2 is 1.74 bits per heavy atom. The van der Waals surface area contributed by atoms with Crippen LogP contribution in [-0.4, -0.2) is 19.1 Å². The van der Waals surface area contributed by atoms with Crippen LogP contribution in [0.1, 0.15) is 30.9 Å². The molecule has 0 radical (unpaired) electrons. The molecule has 0 aromatic heterocycles. The van der Waals surface area contributed by atoms with Crippen LogP contribution < -0.4 is 10.1 Å². The normalized spacial score (nSPS) is 11.2. The van der Waals surface area contributed by atoms with Gasteiger partial charge in [-0.25, -0.2) is 0 Å². The van der Waals surface area contributed by atoms with Crippen molar-refractivity contribution in [1.29, 1.82) is 0 Å². The summed E-state index contributed by atoms with van der Waals surface area (Å²) in [6.45, 7) is 5.21. The molecule has 3 aromatic carbocycles. The van der Waals surface area contributed by atoms with Crippen molar-refractivity contribution in [3.05, 3.63) is 83.9 Å². The molecule has 0 bridgehead atoms. The summed E-state index contributed by atoms with van der Waals surface area (Å²) in [5.74, 6) is 1.22. The third-order valence-electron chi connectivity index (χ3n) is 4.44. The van der Waals surface area contributed by atoms with Crippen LogP contribution in [-0.2, 0) is 4.79 Å². The number of carbonyl (C=O) groups excluding carboxylic acids is 1. The van der Waals surface area contributed by atoms with Crippen molar-refractivity contribution in [3.8, 4) is 5.75 Å². The van der Waals surface area contributed by atoms with Gasteiger partial charge < -0.3 is 10.1 Å². The third kappa shape index (κ3) is 5.20. The van der Waals surface area contributed by atoms with Crippen molar-refractivity contribution in [2.45, 2.75) is 19.8 Å². The minimum absolute atomic E-state index is 0.121. The molecule has 3 aromatic rings. The van der Waals surface area contributed by atoms with Crippen molar-refractivity contribution in [3.63, 3.8) is 0 Å². The topological polar surface area (TPSA) is 38.3 Å². The Bertz CT molecular complexity index is 921. The minimum Gasteiger partial charge on any atom is -0.491 e. The van der Waals surface area contributed by atoms with E-state index in [1.54, 1.807) is 6.08 Å². The molecule has 0 heterocycles. The molecule has 1 N–H and O–H groups in total. The predicted octanol–water partition coefficient (Wildman–Crippen LogP) is 5.17. The number of carbonyl (C=O) groups is 1. The standard InChI is InChI=1S/C24H25NO2/c1-18(2)20-13-10-19(11-14-20)12-15-24(26)25-16-17-27-23-9-5-7-21-6-3-4-8-22(21)23/h3-15,18H,16-17H2,1-2H3,(H,25,26)/b15-12+. The summed E-state index contributed by atoms with van der Waals surface area (Å²) in [5.41, 5.74) is 2.31. The SMILES string of the molecule is CC(C)c1ccc(/C=C/C(=O)NCCOc2cccc3ccccc23)cc1. The molecule has 3 heteroatoms. The second-order valence-corrected chi connectivity index (χ2v) is 6.77.